The number of nitrogens with one attached hydrogen (secondary N) is 1. The van der Waals surface area contributed by atoms with E-state index < -0.39 is 5.76 Å². The van der Waals surface area contributed by atoms with Crippen LogP contribution in [0.4, 0.5) is 0 Å². The van der Waals surface area contributed by atoms with Crippen molar-refractivity contribution in [2.24, 2.45) is 0 Å². The summed E-state index contributed by atoms with van der Waals surface area (Å²) >= 11 is 0. The highest BCUT2D eigenvalue weighted by Gasteiger charge is 2.14. The third-order valence-corrected chi connectivity index (χ3v) is 2.73. The molecule has 2 rings (SSSR count). The van der Waals surface area contributed by atoms with Gasteiger partial charge in [-0.3, -0.25) is 4.79 Å². The monoisotopic (exact) mass is 279 g/mol. The van der Waals surface area contributed by atoms with Crippen LogP contribution in [0.25, 0.3) is 11.7 Å². The van der Waals surface area contributed by atoms with Crippen LogP contribution in [0.3, 0.4) is 0 Å². The van der Waals surface area contributed by atoms with Gasteiger partial charge in [0.1, 0.15) is 6.54 Å². The van der Waals surface area contributed by atoms with Crippen LogP contribution in [0, 0.1) is 0 Å². The lowest BCUT2D eigenvalue weighted by Gasteiger charge is -2.03. The van der Waals surface area contributed by atoms with Crippen molar-refractivity contribution >= 4 is 5.91 Å². The molecule has 2 heterocycles. The van der Waals surface area contributed by atoms with Crippen molar-refractivity contribution in [3.05, 3.63) is 28.9 Å². The van der Waals surface area contributed by atoms with Crippen molar-refractivity contribution in [1.82, 2.24) is 15.1 Å². The molecule has 0 aliphatic rings. The minimum absolute atomic E-state index is 0.0683. The molecule has 0 saturated carbocycles. The second-order valence-corrected chi connectivity index (χ2v) is 4.37. The van der Waals surface area contributed by atoms with E-state index in [-0.39, 0.29) is 18.3 Å². The van der Waals surface area contributed by atoms with E-state index in [4.69, 9.17) is 8.83 Å². The highest BCUT2D eigenvalue weighted by molar-refractivity contribution is 5.75. The van der Waals surface area contributed by atoms with Gasteiger partial charge in [0.2, 0.25) is 5.91 Å². The minimum atomic E-state index is -0.680. The SMILES string of the molecule is CCCCCNC(=O)Cn1nc(-c2ccco2)oc1=O. The lowest BCUT2D eigenvalue weighted by molar-refractivity contribution is -0.121. The molecule has 0 unspecified atom stereocenters. The standard InChI is InChI=1S/C13H17N3O4/c1-2-3-4-7-14-11(17)9-16-13(18)20-12(15-16)10-6-5-8-19-10/h5-6,8H,2-4,7,9H2,1H3,(H,14,17). The Bertz CT molecular complexity index is 597. The van der Waals surface area contributed by atoms with Crippen LogP contribution < -0.4 is 11.1 Å². The molecule has 0 aromatic carbocycles. The first kappa shape index (κ1) is 14.1. The van der Waals surface area contributed by atoms with Gasteiger partial charge in [-0.15, -0.1) is 5.10 Å². The van der Waals surface area contributed by atoms with E-state index in [1.54, 1.807) is 12.1 Å². The van der Waals surface area contributed by atoms with Crippen molar-refractivity contribution in [2.45, 2.75) is 32.7 Å². The Morgan fingerprint density at radius 3 is 3.00 bits per heavy atom. The summed E-state index contributed by atoms with van der Waals surface area (Å²) in [5, 5.41) is 6.65. The van der Waals surface area contributed by atoms with Gasteiger partial charge in [0.15, 0.2) is 5.76 Å². The number of hydrogen-bond acceptors (Lipinski definition) is 5. The summed E-state index contributed by atoms with van der Waals surface area (Å²) in [6.45, 7) is 2.53. The first-order valence-corrected chi connectivity index (χ1v) is 6.59. The molecular formula is C13H17N3O4. The Balaban J connectivity index is 1.93. The smallest absolute Gasteiger partial charge is 0.437 e. The number of furan rings is 1. The fourth-order valence-electron chi connectivity index (χ4n) is 1.70. The van der Waals surface area contributed by atoms with Crippen molar-refractivity contribution in [3.8, 4) is 11.7 Å². The maximum Gasteiger partial charge on any atom is 0.437 e. The normalized spacial score (nSPS) is 10.7. The fourth-order valence-corrected chi connectivity index (χ4v) is 1.70. The summed E-state index contributed by atoms with van der Waals surface area (Å²) in [5.74, 6) is -0.523. The second-order valence-electron chi connectivity index (χ2n) is 4.37. The number of amides is 1. The number of unbranched alkanes of at least 4 members (excludes halogenated alkanes) is 2. The van der Waals surface area contributed by atoms with E-state index in [1.807, 2.05) is 0 Å². The lowest BCUT2D eigenvalue weighted by atomic mass is 10.2. The zero-order valence-electron chi connectivity index (χ0n) is 11.3. The minimum Gasteiger partial charge on any atom is -0.459 e. The average molecular weight is 279 g/mol. The number of rotatable bonds is 7. The van der Waals surface area contributed by atoms with E-state index >= 15 is 0 Å². The first-order valence-electron chi connectivity index (χ1n) is 6.59. The molecule has 7 nitrogen and oxygen atoms in total. The predicted molar refractivity (Wildman–Crippen MR) is 71.0 cm³/mol. The van der Waals surface area contributed by atoms with Crippen molar-refractivity contribution < 1.29 is 13.6 Å². The Kier molecular flexibility index (Phi) is 4.75. The maximum absolute atomic E-state index is 11.6. The third kappa shape index (κ3) is 3.59. The summed E-state index contributed by atoms with van der Waals surface area (Å²) in [5.41, 5.74) is 0. The summed E-state index contributed by atoms with van der Waals surface area (Å²) in [6.07, 6.45) is 4.53. The quantitative estimate of drug-likeness (QED) is 0.774. The summed E-state index contributed by atoms with van der Waals surface area (Å²) in [6, 6.07) is 3.29. The second kappa shape index (κ2) is 6.74. The Hall–Kier alpha value is -2.31. The molecule has 0 fully saturated rings. The fraction of sp³-hybridized carbons (Fsp3) is 0.462. The zero-order chi connectivity index (χ0) is 14.4. The molecule has 108 valence electrons. The summed E-state index contributed by atoms with van der Waals surface area (Å²) < 4.78 is 11.0. The van der Waals surface area contributed by atoms with E-state index in [9.17, 15) is 9.59 Å². The van der Waals surface area contributed by atoms with Crippen LogP contribution >= 0.6 is 0 Å². The molecule has 2 aromatic heterocycles. The summed E-state index contributed by atoms with van der Waals surface area (Å²) in [7, 11) is 0. The Morgan fingerprint density at radius 2 is 2.30 bits per heavy atom. The lowest BCUT2D eigenvalue weighted by Crippen LogP contribution is -2.32. The largest absolute Gasteiger partial charge is 0.459 e. The van der Waals surface area contributed by atoms with E-state index in [0.29, 0.717) is 12.3 Å². The van der Waals surface area contributed by atoms with Gasteiger partial charge < -0.3 is 14.2 Å². The predicted octanol–water partition coefficient (Wildman–Crippen LogP) is 1.40. The van der Waals surface area contributed by atoms with Gasteiger partial charge in [-0.25, -0.2) is 4.79 Å². The van der Waals surface area contributed by atoms with Crippen LogP contribution in [0.1, 0.15) is 26.2 Å². The molecule has 7 heteroatoms. The molecular weight excluding hydrogens is 262 g/mol. The molecule has 0 radical (unpaired) electrons. The van der Waals surface area contributed by atoms with Gasteiger partial charge >= 0.3 is 5.76 Å². The zero-order valence-corrected chi connectivity index (χ0v) is 11.3. The van der Waals surface area contributed by atoms with Crippen molar-refractivity contribution in [3.63, 3.8) is 0 Å². The Labute approximate surface area is 115 Å². The number of carbonyl (C=O) groups excluding carboxylic acids is 1. The highest BCUT2D eigenvalue weighted by Crippen LogP contribution is 2.14. The molecule has 20 heavy (non-hydrogen) atoms. The number of aromatic nitrogens is 2. The number of hydrogen-bond donors (Lipinski definition) is 1. The van der Waals surface area contributed by atoms with Crippen LogP contribution in [-0.4, -0.2) is 22.2 Å². The van der Waals surface area contributed by atoms with Crippen LogP contribution in [0.15, 0.2) is 32.0 Å². The molecule has 2 aromatic rings. The van der Waals surface area contributed by atoms with Crippen molar-refractivity contribution in [2.75, 3.05) is 6.54 Å². The molecule has 1 N–H and O–H groups in total. The number of nitrogens with zero attached hydrogens (tertiary/aromatic N) is 2. The summed E-state index contributed by atoms with van der Waals surface area (Å²) in [4.78, 5) is 23.2. The average Bonchev–Trinajstić information content (AvgIpc) is 3.05. The van der Waals surface area contributed by atoms with Crippen LogP contribution in [0.5, 0.6) is 0 Å². The molecule has 0 aliphatic carbocycles. The van der Waals surface area contributed by atoms with E-state index in [0.717, 1.165) is 23.9 Å². The third-order valence-electron chi connectivity index (χ3n) is 2.73. The van der Waals surface area contributed by atoms with Gasteiger partial charge in [-0.1, -0.05) is 19.8 Å². The van der Waals surface area contributed by atoms with Crippen molar-refractivity contribution in [1.29, 1.82) is 0 Å². The van der Waals surface area contributed by atoms with Crippen LogP contribution in [-0.2, 0) is 11.3 Å². The van der Waals surface area contributed by atoms with Gasteiger partial charge in [0.25, 0.3) is 5.89 Å². The Morgan fingerprint density at radius 1 is 1.45 bits per heavy atom. The molecule has 0 aliphatic heterocycles. The highest BCUT2D eigenvalue weighted by atomic mass is 16.4. The molecule has 0 bridgehead atoms. The van der Waals surface area contributed by atoms with Gasteiger partial charge in [0.05, 0.1) is 6.26 Å². The molecule has 0 saturated heterocycles. The van der Waals surface area contributed by atoms with Gasteiger partial charge in [0, 0.05) is 6.54 Å². The molecule has 0 spiro atoms. The van der Waals surface area contributed by atoms with Gasteiger partial charge in [-0.2, -0.15) is 4.68 Å². The molecule has 0 atom stereocenters. The maximum atomic E-state index is 11.6. The first-order chi connectivity index (χ1) is 9.70. The number of carbonyl (C=O) groups is 1. The van der Waals surface area contributed by atoms with Crippen LogP contribution in [0.2, 0.25) is 0 Å². The van der Waals surface area contributed by atoms with E-state index in [1.165, 1.54) is 6.26 Å². The topological polar surface area (TPSA) is 90.3 Å². The van der Waals surface area contributed by atoms with E-state index in [2.05, 4.69) is 17.3 Å². The van der Waals surface area contributed by atoms with Gasteiger partial charge in [-0.05, 0) is 18.6 Å². The molecule has 1 amide bonds.